The highest BCUT2D eigenvalue weighted by atomic mass is 32.2. The van der Waals surface area contributed by atoms with Crippen molar-refractivity contribution in [2.45, 2.75) is 48.3 Å². The molecule has 5 rings (SSSR count). The summed E-state index contributed by atoms with van der Waals surface area (Å²) < 4.78 is 26.2. The third kappa shape index (κ3) is 5.60. The molecular weight excluding hydrogens is 510 g/mol. The SMILES string of the molecule is CSc1nc2cc(S(C)(=O)=O)ccc2n1C1CCN(C(=O)C2CCN(Cc3cnc(N)nc3)CC2)CC1. The van der Waals surface area contributed by atoms with Gasteiger partial charge in [-0.25, -0.2) is 23.4 Å². The quantitative estimate of drug-likeness (QED) is 0.467. The third-order valence-electron chi connectivity index (χ3n) is 7.45. The predicted octanol–water partition coefficient (Wildman–Crippen LogP) is 2.61. The van der Waals surface area contributed by atoms with Gasteiger partial charge in [-0.2, -0.15) is 0 Å². The standard InChI is InChI=1S/C25H33N7O3S2/c1-36-25-29-21-13-20(37(2,34)35)3-4-22(21)32(25)19-7-11-31(12-8-19)23(33)18-5-9-30(10-6-18)16-17-14-27-24(26)28-15-17/h3-4,13-15,18-19H,5-12,16H2,1-2H3,(H2,26,27,28). The number of hydrogen-bond donors (Lipinski definition) is 1. The number of rotatable bonds is 6. The minimum absolute atomic E-state index is 0.0701. The van der Waals surface area contributed by atoms with E-state index in [0.29, 0.717) is 5.52 Å². The Balaban J connectivity index is 1.19. The van der Waals surface area contributed by atoms with E-state index in [1.807, 2.05) is 17.2 Å². The van der Waals surface area contributed by atoms with Gasteiger partial charge in [0, 0.05) is 55.8 Å². The summed E-state index contributed by atoms with van der Waals surface area (Å²) in [7, 11) is -3.29. The minimum Gasteiger partial charge on any atom is -0.368 e. The van der Waals surface area contributed by atoms with Gasteiger partial charge in [0.25, 0.3) is 0 Å². The van der Waals surface area contributed by atoms with Crippen LogP contribution in [-0.4, -0.2) is 82.3 Å². The molecule has 0 radical (unpaired) electrons. The fourth-order valence-electron chi connectivity index (χ4n) is 5.43. The Kier molecular flexibility index (Phi) is 7.42. The number of hydrogen-bond acceptors (Lipinski definition) is 9. The van der Waals surface area contributed by atoms with Crippen LogP contribution in [0.1, 0.15) is 37.3 Å². The van der Waals surface area contributed by atoms with E-state index in [1.54, 1.807) is 36.3 Å². The zero-order valence-corrected chi connectivity index (χ0v) is 22.8. The molecule has 2 fully saturated rings. The van der Waals surface area contributed by atoms with Crippen LogP contribution in [0.4, 0.5) is 5.95 Å². The van der Waals surface area contributed by atoms with Gasteiger partial charge in [0.2, 0.25) is 11.9 Å². The molecule has 2 aliphatic rings. The minimum atomic E-state index is -3.29. The summed E-state index contributed by atoms with van der Waals surface area (Å²) in [5.74, 6) is 0.622. The summed E-state index contributed by atoms with van der Waals surface area (Å²) in [4.78, 5) is 30.8. The van der Waals surface area contributed by atoms with Gasteiger partial charge in [0.1, 0.15) is 0 Å². The largest absolute Gasteiger partial charge is 0.368 e. The van der Waals surface area contributed by atoms with Crippen molar-refractivity contribution in [3.63, 3.8) is 0 Å². The van der Waals surface area contributed by atoms with Gasteiger partial charge >= 0.3 is 0 Å². The lowest BCUT2D eigenvalue weighted by Crippen LogP contribution is -2.45. The highest BCUT2D eigenvalue weighted by Gasteiger charge is 2.32. The van der Waals surface area contributed by atoms with E-state index in [0.717, 1.165) is 74.6 Å². The van der Waals surface area contributed by atoms with E-state index < -0.39 is 9.84 Å². The van der Waals surface area contributed by atoms with Crippen molar-refractivity contribution in [2.75, 3.05) is 44.4 Å². The number of benzene rings is 1. The van der Waals surface area contributed by atoms with Crippen molar-refractivity contribution in [1.29, 1.82) is 0 Å². The lowest BCUT2D eigenvalue weighted by molar-refractivity contribution is -0.138. The molecule has 1 aromatic carbocycles. The number of anilines is 1. The molecule has 37 heavy (non-hydrogen) atoms. The van der Waals surface area contributed by atoms with Crippen LogP contribution in [0.3, 0.4) is 0 Å². The highest BCUT2D eigenvalue weighted by Crippen LogP contribution is 2.34. The van der Waals surface area contributed by atoms with Crippen LogP contribution in [0.25, 0.3) is 11.0 Å². The number of amides is 1. The predicted molar refractivity (Wildman–Crippen MR) is 144 cm³/mol. The number of sulfone groups is 1. The number of thioether (sulfide) groups is 1. The van der Waals surface area contributed by atoms with Crippen molar-refractivity contribution >= 4 is 44.5 Å². The fourth-order valence-corrected chi connectivity index (χ4v) is 6.70. The van der Waals surface area contributed by atoms with Gasteiger partial charge in [-0.05, 0) is 63.2 Å². The second-order valence-corrected chi connectivity index (χ2v) is 12.7. The van der Waals surface area contributed by atoms with Gasteiger partial charge < -0.3 is 15.2 Å². The molecule has 198 valence electrons. The average molecular weight is 544 g/mol. The summed E-state index contributed by atoms with van der Waals surface area (Å²) in [6.45, 7) is 3.98. The molecule has 0 saturated carbocycles. The first kappa shape index (κ1) is 25.9. The Morgan fingerprint density at radius 1 is 1.08 bits per heavy atom. The highest BCUT2D eigenvalue weighted by molar-refractivity contribution is 7.98. The van der Waals surface area contributed by atoms with Crippen molar-refractivity contribution in [3.05, 3.63) is 36.2 Å². The molecule has 2 N–H and O–H groups in total. The lowest BCUT2D eigenvalue weighted by atomic mass is 9.93. The number of fused-ring (bicyclic) bond motifs is 1. The van der Waals surface area contributed by atoms with Crippen molar-refractivity contribution < 1.29 is 13.2 Å². The molecule has 12 heteroatoms. The first-order valence-corrected chi connectivity index (χ1v) is 15.7. The van der Waals surface area contributed by atoms with Crippen LogP contribution in [0.5, 0.6) is 0 Å². The monoisotopic (exact) mass is 543 g/mol. The van der Waals surface area contributed by atoms with Crippen LogP contribution in [0.15, 0.2) is 40.6 Å². The Hall–Kier alpha value is -2.70. The number of imidazole rings is 1. The molecule has 1 amide bonds. The first-order chi connectivity index (χ1) is 17.7. The van der Waals surface area contributed by atoms with Crippen LogP contribution >= 0.6 is 11.8 Å². The van der Waals surface area contributed by atoms with E-state index in [1.165, 1.54) is 6.26 Å². The molecule has 10 nitrogen and oxygen atoms in total. The number of piperidine rings is 2. The smallest absolute Gasteiger partial charge is 0.225 e. The zero-order valence-electron chi connectivity index (χ0n) is 21.2. The fraction of sp³-hybridized carbons (Fsp3) is 0.520. The number of nitrogens with two attached hydrogens (primary N) is 1. The summed E-state index contributed by atoms with van der Waals surface area (Å²) in [6.07, 6.45) is 10.2. The summed E-state index contributed by atoms with van der Waals surface area (Å²) in [6, 6.07) is 5.40. The number of nitrogens with zero attached hydrogens (tertiary/aromatic N) is 6. The number of likely N-dealkylation sites (tertiary alicyclic amines) is 2. The molecule has 4 heterocycles. The second kappa shape index (κ2) is 10.6. The van der Waals surface area contributed by atoms with E-state index in [2.05, 4.69) is 19.4 Å². The summed E-state index contributed by atoms with van der Waals surface area (Å²) in [5, 5.41) is 0.879. The normalized spacial score (nSPS) is 18.5. The maximum Gasteiger partial charge on any atom is 0.225 e. The Morgan fingerprint density at radius 2 is 1.76 bits per heavy atom. The molecule has 2 aliphatic heterocycles. The van der Waals surface area contributed by atoms with Crippen molar-refractivity contribution in [3.8, 4) is 0 Å². The topological polar surface area (TPSA) is 127 Å². The van der Waals surface area contributed by atoms with Gasteiger partial charge in [-0.3, -0.25) is 9.69 Å². The molecule has 2 saturated heterocycles. The third-order valence-corrected chi connectivity index (χ3v) is 9.21. The van der Waals surface area contributed by atoms with Crippen molar-refractivity contribution in [1.82, 2.24) is 29.3 Å². The number of carbonyl (C=O) groups excluding carboxylic acids is 1. The van der Waals surface area contributed by atoms with Crippen LogP contribution < -0.4 is 5.73 Å². The van der Waals surface area contributed by atoms with Gasteiger partial charge in [-0.15, -0.1) is 0 Å². The molecular formula is C25H33N7O3S2. The second-order valence-electron chi connectivity index (χ2n) is 9.95. The molecule has 3 aromatic rings. The lowest BCUT2D eigenvalue weighted by Gasteiger charge is -2.38. The summed E-state index contributed by atoms with van der Waals surface area (Å²) >= 11 is 1.56. The van der Waals surface area contributed by atoms with Gasteiger partial charge in [0.15, 0.2) is 15.0 Å². The van der Waals surface area contributed by atoms with Gasteiger partial charge in [-0.1, -0.05) is 11.8 Å². The zero-order chi connectivity index (χ0) is 26.2. The molecule has 0 bridgehead atoms. The van der Waals surface area contributed by atoms with Crippen LogP contribution in [0.2, 0.25) is 0 Å². The first-order valence-electron chi connectivity index (χ1n) is 12.6. The van der Waals surface area contributed by atoms with E-state index >= 15 is 0 Å². The molecule has 0 aliphatic carbocycles. The number of nitrogen functional groups attached to an aromatic ring is 1. The molecule has 0 unspecified atom stereocenters. The Morgan fingerprint density at radius 3 is 2.38 bits per heavy atom. The maximum atomic E-state index is 13.3. The van der Waals surface area contributed by atoms with Crippen molar-refractivity contribution in [2.24, 2.45) is 5.92 Å². The molecule has 0 atom stereocenters. The van der Waals surface area contributed by atoms with Crippen LogP contribution in [0, 0.1) is 5.92 Å². The van der Waals surface area contributed by atoms with E-state index in [9.17, 15) is 13.2 Å². The van der Waals surface area contributed by atoms with E-state index in [-0.39, 0.29) is 28.7 Å². The Bertz CT molecular complexity index is 1380. The van der Waals surface area contributed by atoms with E-state index in [4.69, 9.17) is 10.7 Å². The Labute approximate surface area is 221 Å². The molecule has 2 aromatic heterocycles. The molecule has 0 spiro atoms. The average Bonchev–Trinajstić information content (AvgIpc) is 3.28. The number of aromatic nitrogens is 4. The number of carbonyl (C=O) groups is 1. The summed E-state index contributed by atoms with van der Waals surface area (Å²) in [5.41, 5.74) is 8.25. The van der Waals surface area contributed by atoms with Crippen LogP contribution in [-0.2, 0) is 21.2 Å². The maximum absolute atomic E-state index is 13.3. The van der Waals surface area contributed by atoms with Gasteiger partial charge in [0.05, 0.1) is 15.9 Å².